The summed E-state index contributed by atoms with van der Waals surface area (Å²) in [7, 11) is 0. The Morgan fingerprint density at radius 1 is 1.57 bits per heavy atom. The van der Waals surface area contributed by atoms with E-state index in [4.69, 9.17) is 4.74 Å². The molecule has 0 amide bonds. The molecule has 0 radical (unpaired) electrons. The average Bonchev–Trinajstić information content (AvgIpc) is 2.11. The summed E-state index contributed by atoms with van der Waals surface area (Å²) in [6.07, 6.45) is 0. The van der Waals surface area contributed by atoms with Crippen molar-refractivity contribution in [2.75, 3.05) is 6.61 Å². The minimum absolute atomic E-state index is 0.0270. The fraction of sp³-hybridized carbons (Fsp3) is 0.300. The first kappa shape index (κ1) is 12.0. The Morgan fingerprint density at radius 3 is 2.71 bits per heavy atom. The molecule has 76 valence electrons. The third kappa shape index (κ3) is 2.48. The van der Waals surface area contributed by atoms with Gasteiger partial charge in [0.05, 0.1) is 12.2 Å². The fourth-order valence-electron chi connectivity index (χ4n) is 1.14. The molecule has 0 aliphatic carbocycles. The lowest BCUT2D eigenvalue weighted by atomic mass is 10.1. The molecule has 0 N–H and O–H groups in total. The van der Waals surface area contributed by atoms with Gasteiger partial charge in [-0.1, -0.05) is 0 Å². The highest BCUT2D eigenvalue weighted by Gasteiger charge is 2.14. The molecule has 0 bridgehead atoms. The van der Waals surface area contributed by atoms with Crippen molar-refractivity contribution in [3.05, 3.63) is 25.7 Å². The lowest BCUT2D eigenvalue weighted by Gasteiger charge is -2.10. The van der Waals surface area contributed by atoms with Crippen molar-refractivity contribution in [1.82, 2.24) is 0 Å². The highest BCUT2D eigenvalue weighted by atomic mass is 127. The van der Waals surface area contributed by atoms with E-state index < -0.39 is 0 Å². The van der Waals surface area contributed by atoms with Crippen LogP contribution in [0.3, 0.4) is 0 Å². The monoisotopic (exact) mass is 368 g/mol. The van der Waals surface area contributed by atoms with Gasteiger partial charge in [-0.15, -0.1) is 0 Å². The molecule has 14 heavy (non-hydrogen) atoms. The van der Waals surface area contributed by atoms with Crippen molar-refractivity contribution in [3.63, 3.8) is 0 Å². The van der Waals surface area contributed by atoms with Gasteiger partial charge in [0.15, 0.2) is 5.78 Å². The summed E-state index contributed by atoms with van der Waals surface area (Å²) in [5, 5.41) is 0. The topological polar surface area (TPSA) is 26.3 Å². The third-order valence-electron chi connectivity index (χ3n) is 1.71. The van der Waals surface area contributed by atoms with Gasteiger partial charge in [0, 0.05) is 8.04 Å². The van der Waals surface area contributed by atoms with Crippen LogP contribution in [0.5, 0.6) is 5.75 Å². The first-order valence-electron chi connectivity index (χ1n) is 4.19. The lowest BCUT2D eigenvalue weighted by Crippen LogP contribution is -2.03. The number of ether oxygens (including phenoxy) is 1. The number of ketones is 1. The number of benzene rings is 1. The maximum absolute atomic E-state index is 11.4. The number of carbonyl (C=O) groups excluding carboxylic acids is 1. The molecule has 0 unspecified atom stereocenters. The van der Waals surface area contributed by atoms with Gasteiger partial charge in [0.2, 0.25) is 0 Å². The predicted octanol–water partition coefficient (Wildman–Crippen LogP) is 3.66. The molecule has 0 fully saturated rings. The number of Topliss-reactive ketones (excluding diaryl/α,β-unsaturated/α-hetero) is 1. The first-order valence-corrected chi connectivity index (χ1v) is 6.06. The van der Waals surface area contributed by atoms with Gasteiger partial charge >= 0.3 is 0 Å². The number of hydrogen-bond donors (Lipinski definition) is 0. The van der Waals surface area contributed by atoms with Crippen molar-refractivity contribution >= 4 is 44.3 Å². The standard InChI is InChI=1S/C10H10BrIO2/c1-3-14-8-5-4-7(11)10(12)9(8)6(2)13/h4-5H,3H2,1-2H3. The third-order valence-corrected chi connectivity index (χ3v) is 4.23. The second-order valence-electron chi connectivity index (χ2n) is 2.72. The van der Waals surface area contributed by atoms with Crippen LogP contribution in [0, 0.1) is 3.57 Å². The summed E-state index contributed by atoms with van der Waals surface area (Å²) in [4.78, 5) is 11.4. The van der Waals surface area contributed by atoms with Crippen LogP contribution in [0.4, 0.5) is 0 Å². The fourth-order valence-corrected chi connectivity index (χ4v) is 2.29. The van der Waals surface area contributed by atoms with E-state index in [1.807, 2.05) is 19.1 Å². The highest BCUT2D eigenvalue weighted by Crippen LogP contribution is 2.30. The summed E-state index contributed by atoms with van der Waals surface area (Å²) < 4.78 is 7.21. The molecule has 0 heterocycles. The zero-order valence-corrected chi connectivity index (χ0v) is 11.7. The summed E-state index contributed by atoms with van der Waals surface area (Å²) in [5.74, 6) is 0.687. The Morgan fingerprint density at radius 2 is 2.21 bits per heavy atom. The molecule has 0 aliphatic heterocycles. The van der Waals surface area contributed by atoms with Crippen LogP contribution >= 0.6 is 38.5 Å². The molecule has 1 rings (SSSR count). The van der Waals surface area contributed by atoms with Crippen molar-refractivity contribution in [3.8, 4) is 5.75 Å². The van der Waals surface area contributed by atoms with Gasteiger partial charge in [-0.2, -0.15) is 0 Å². The van der Waals surface area contributed by atoms with Crippen LogP contribution in [-0.2, 0) is 0 Å². The minimum Gasteiger partial charge on any atom is -0.493 e. The second kappa shape index (κ2) is 5.11. The van der Waals surface area contributed by atoms with E-state index in [-0.39, 0.29) is 5.78 Å². The van der Waals surface area contributed by atoms with Crippen LogP contribution in [0.25, 0.3) is 0 Å². The average molecular weight is 369 g/mol. The van der Waals surface area contributed by atoms with Gasteiger partial charge in [0.1, 0.15) is 5.75 Å². The molecule has 0 aromatic heterocycles. The van der Waals surface area contributed by atoms with Gasteiger partial charge in [-0.05, 0) is 64.5 Å². The first-order chi connectivity index (χ1) is 6.57. The Hall–Kier alpha value is -0.100. The van der Waals surface area contributed by atoms with Gasteiger partial charge in [-0.25, -0.2) is 0 Å². The van der Waals surface area contributed by atoms with Gasteiger partial charge in [-0.3, -0.25) is 4.79 Å². The van der Waals surface area contributed by atoms with Crippen LogP contribution in [0.2, 0.25) is 0 Å². The normalized spacial score (nSPS) is 10.0. The van der Waals surface area contributed by atoms with Gasteiger partial charge in [0.25, 0.3) is 0 Å². The Balaban J connectivity index is 3.30. The smallest absolute Gasteiger partial charge is 0.164 e. The molecule has 0 saturated carbocycles. The summed E-state index contributed by atoms with van der Waals surface area (Å²) in [6.45, 7) is 4.02. The summed E-state index contributed by atoms with van der Waals surface area (Å²) in [5.41, 5.74) is 0.654. The number of carbonyl (C=O) groups is 1. The Bertz CT molecular complexity index is 363. The predicted molar refractivity (Wildman–Crippen MR) is 68.0 cm³/mol. The largest absolute Gasteiger partial charge is 0.493 e. The molecular weight excluding hydrogens is 359 g/mol. The van der Waals surface area contributed by atoms with E-state index in [0.717, 1.165) is 8.04 Å². The maximum atomic E-state index is 11.4. The summed E-state index contributed by atoms with van der Waals surface area (Å²) >= 11 is 5.52. The molecule has 2 nitrogen and oxygen atoms in total. The Kier molecular flexibility index (Phi) is 4.37. The molecule has 1 aromatic carbocycles. The van der Waals surface area contributed by atoms with Crippen molar-refractivity contribution in [2.24, 2.45) is 0 Å². The van der Waals surface area contributed by atoms with Crippen molar-refractivity contribution < 1.29 is 9.53 Å². The van der Waals surface area contributed by atoms with E-state index in [1.165, 1.54) is 0 Å². The highest BCUT2D eigenvalue weighted by molar-refractivity contribution is 14.1. The zero-order valence-electron chi connectivity index (χ0n) is 7.93. The summed E-state index contributed by atoms with van der Waals surface area (Å²) in [6, 6.07) is 3.70. The molecular formula is C10H10BrIO2. The van der Waals surface area contributed by atoms with E-state index in [9.17, 15) is 4.79 Å². The second-order valence-corrected chi connectivity index (χ2v) is 4.66. The lowest BCUT2D eigenvalue weighted by molar-refractivity contribution is 0.101. The van der Waals surface area contributed by atoms with Crippen LogP contribution in [-0.4, -0.2) is 12.4 Å². The molecule has 4 heteroatoms. The van der Waals surface area contributed by atoms with E-state index >= 15 is 0 Å². The van der Waals surface area contributed by atoms with Crippen molar-refractivity contribution in [1.29, 1.82) is 0 Å². The van der Waals surface area contributed by atoms with Crippen LogP contribution < -0.4 is 4.74 Å². The molecule has 0 saturated heterocycles. The maximum Gasteiger partial charge on any atom is 0.164 e. The van der Waals surface area contributed by atoms with Crippen LogP contribution in [0.1, 0.15) is 24.2 Å². The molecule has 0 spiro atoms. The van der Waals surface area contributed by atoms with Gasteiger partial charge < -0.3 is 4.74 Å². The van der Waals surface area contributed by atoms with Crippen LogP contribution in [0.15, 0.2) is 16.6 Å². The van der Waals surface area contributed by atoms with E-state index in [2.05, 4.69) is 38.5 Å². The zero-order chi connectivity index (χ0) is 10.7. The van der Waals surface area contributed by atoms with Crippen molar-refractivity contribution in [2.45, 2.75) is 13.8 Å². The molecule has 1 aromatic rings. The molecule has 0 atom stereocenters. The number of hydrogen-bond acceptors (Lipinski definition) is 2. The number of halogens is 2. The quantitative estimate of drug-likeness (QED) is 0.601. The van der Waals surface area contributed by atoms with E-state index in [0.29, 0.717) is 17.9 Å². The molecule has 0 aliphatic rings. The minimum atomic E-state index is 0.0270. The SMILES string of the molecule is CCOc1ccc(Br)c(I)c1C(C)=O. The van der Waals surface area contributed by atoms with E-state index in [1.54, 1.807) is 6.92 Å². The Labute approximate surface area is 105 Å². The number of rotatable bonds is 3.